The van der Waals surface area contributed by atoms with Crippen molar-refractivity contribution in [2.45, 2.75) is 25.8 Å². The van der Waals surface area contributed by atoms with Crippen LogP contribution in [-0.2, 0) is 9.53 Å². The Morgan fingerprint density at radius 3 is 2.58 bits per heavy atom. The first-order valence-electron chi connectivity index (χ1n) is 6.32. The van der Waals surface area contributed by atoms with Crippen molar-refractivity contribution < 1.29 is 19.4 Å². The quantitative estimate of drug-likeness (QED) is 0.789. The number of amides is 1. The molecule has 0 bridgehead atoms. The van der Waals surface area contributed by atoms with Crippen LogP contribution in [-0.4, -0.2) is 29.6 Å². The van der Waals surface area contributed by atoms with Gasteiger partial charge in [-0.3, -0.25) is 4.79 Å². The highest BCUT2D eigenvalue weighted by molar-refractivity contribution is 5.91. The first-order chi connectivity index (χ1) is 9.06. The van der Waals surface area contributed by atoms with Crippen molar-refractivity contribution in [3.63, 3.8) is 0 Å². The third-order valence-corrected chi connectivity index (χ3v) is 3.16. The van der Waals surface area contributed by atoms with E-state index in [1.165, 1.54) is 24.3 Å². The van der Waals surface area contributed by atoms with Gasteiger partial charge in [0.2, 0.25) is 0 Å². The molecule has 1 aliphatic carbocycles. The molecule has 19 heavy (non-hydrogen) atoms. The topological polar surface area (TPSA) is 75.6 Å². The van der Waals surface area contributed by atoms with Crippen molar-refractivity contribution in [1.82, 2.24) is 5.32 Å². The molecule has 0 radical (unpaired) electrons. The Labute approximate surface area is 111 Å². The molecular weight excluding hydrogens is 246 g/mol. The number of aromatic hydroxyl groups is 1. The van der Waals surface area contributed by atoms with E-state index in [1.54, 1.807) is 0 Å². The van der Waals surface area contributed by atoms with E-state index in [9.17, 15) is 9.59 Å². The molecule has 0 aromatic heterocycles. The van der Waals surface area contributed by atoms with Gasteiger partial charge in [0.05, 0.1) is 5.56 Å². The summed E-state index contributed by atoms with van der Waals surface area (Å²) in [4.78, 5) is 23.2. The molecule has 1 aliphatic rings. The third-order valence-electron chi connectivity index (χ3n) is 3.16. The first-order valence-corrected chi connectivity index (χ1v) is 6.32. The lowest BCUT2D eigenvalue weighted by Crippen LogP contribution is -2.37. The zero-order valence-corrected chi connectivity index (χ0v) is 10.8. The summed E-state index contributed by atoms with van der Waals surface area (Å²) in [7, 11) is 0. The summed E-state index contributed by atoms with van der Waals surface area (Å²) in [5.74, 6) is -0.218. The average Bonchev–Trinajstić information content (AvgIpc) is 3.21. The molecule has 1 atom stereocenters. The Hall–Kier alpha value is -2.04. The molecule has 1 saturated carbocycles. The van der Waals surface area contributed by atoms with Crippen molar-refractivity contribution in [1.29, 1.82) is 0 Å². The SMILES string of the molecule is C[C@@H](NC(=O)COC(=O)c1ccc(O)cc1)C1CC1. The molecule has 102 valence electrons. The van der Waals surface area contributed by atoms with Crippen LogP contribution in [0.5, 0.6) is 5.75 Å². The van der Waals surface area contributed by atoms with E-state index < -0.39 is 5.97 Å². The Kier molecular flexibility index (Phi) is 4.04. The summed E-state index contributed by atoms with van der Waals surface area (Å²) < 4.78 is 4.90. The molecule has 5 heteroatoms. The predicted octanol–water partition coefficient (Wildman–Crippen LogP) is 1.46. The molecule has 1 fully saturated rings. The smallest absolute Gasteiger partial charge is 0.338 e. The Balaban J connectivity index is 1.76. The summed E-state index contributed by atoms with van der Waals surface area (Å²) >= 11 is 0. The van der Waals surface area contributed by atoms with E-state index in [0.717, 1.165) is 12.8 Å². The van der Waals surface area contributed by atoms with Gasteiger partial charge in [-0.15, -0.1) is 0 Å². The van der Waals surface area contributed by atoms with Crippen LogP contribution in [0.25, 0.3) is 0 Å². The van der Waals surface area contributed by atoms with Crippen LogP contribution >= 0.6 is 0 Å². The highest BCUT2D eigenvalue weighted by Crippen LogP contribution is 2.32. The fraction of sp³-hybridized carbons (Fsp3) is 0.429. The summed E-state index contributed by atoms with van der Waals surface area (Å²) in [5, 5.41) is 11.9. The monoisotopic (exact) mass is 263 g/mol. The van der Waals surface area contributed by atoms with Gasteiger partial charge in [0.1, 0.15) is 5.75 Å². The van der Waals surface area contributed by atoms with Gasteiger partial charge in [0.15, 0.2) is 6.61 Å². The van der Waals surface area contributed by atoms with Crippen LogP contribution in [0.1, 0.15) is 30.1 Å². The highest BCUT2D eigenvalue weighted by Gasteiger charge is 2.28. The average molecular weight is 263 g/mol. The molecule has 0 heterocycles. The molecule has 0 aliphatic heterocycles. The Bertz CT molecular complexity index is 465. The van der Waals surface area contributed by atoms with Gasteiger partial charge in [-0.2, -0.15) is 0 Å². The number of hydrogen-bond acceptors (Lipinski definition) is 4. The van der Waals surface area contributed by atoms with E-state index in [1.807, 2.05) is 6.92 Å². The number of rotatable bonds is 5. The number of phenols is 1. The van der Waals surface area contributed by atoms with E-state index in [4.69, 9.17) is 9.84 Å². The summed E-state index contributed by atoms with van der Waals surface area (Å²) in [6.45, 7) is 1.67. The molecular formula is C14H17NO4. The second-order valence-electron chi connectivity index (χ2n) is 4.82. The van der Waals surface area contributed by atoms with Crippen molar-refractivity contribution in [3.8, 4) is 5.75 Å². The number of phenolic OH excluding ortho intramolecular Hbond substituents is 1. The lowest BCUT2D eigenvalue weighted by molar-refractivity contribution is -0.124. The van der Waals surface area contributed by atoms with Crippen LogP contribution in [0.4, 0.5) is 0 Å². The van der Waals surface area contributed by atoms with E-state index in [0.29, 0.717) is 11.5 Å². The van der Waals surface area contributed by atoms with E-state index >= 15 is 0 Å². The molecule has 2 N–H and O–H groups in total. The zero-order valence-electron chi connectivity index (χ0n) is 10.8. The maximum absolute atomic E-state index is 11.6. The molecule has 1 aromatic rings. The number of esters is 1. The van der Waals surface area contributed by atoms with Crippen molar-refractivity contribution >= 4 is 11.9 Å². The molecule has 1 aromatic carbocycles. The molecule has 0 saturated heterocycles. The highest BCUT2D eigenvalue weighted by atomic mass is 16.5. The van der Waals surface area contributed by atoms with Gasteiger partial charge in [-0.25, -0.2) is 4.79 Å². The van der Waals surface area contributed by atoms with Crippen LogP contribution < -0.4 is 5.32 Å². The predicted molar refractivity (Wildman–Crippen MR) is 68.7 cm³/mol. The number of ether oxygens (including phenoxy) is 1. The Morgan fingerprint density at radius 1 is 1.37 bits per heavy atom. The summed E-state index contributed by atoms with van der Waals surface area (Å²) in [5.41, 5.74) is 0.306. The first kappa shape index (κ1) is 13.4. The van der Waals surface area contributed by atoms with Crippen molar-refractivity contribution in [3.05, 3.63) is 29.8 Å². The molecule has 1 amide bonds. The lowest BCUT2D eigenvalue weighted by atomic mass is 10.2. The van der Waals surface area contributed by atoms with Crippen molar-refractivity contribution in [2.75, 3.05) is 6.61 Å². The number of benzene rings is 1. The second kappa shape index (κ2) is 5.73. The van der Waals surface area contributed by atoms with E-state index in [-0.39, 0.29) is 24.3 Å². The van der Waals surface area contributed by atoms with Crippen LogP contribution in [0.15, 0.2) is 24.3 Å². The molecule has 0 unspecified atom stereocenters. The largest absolute Gasteiger partial charge is 0.508 e. The van der Waals surface area contributed by atoms with Gasteiger partial charge in [0, 0.05) is 6.04 Å². The normalized spacial score (nSPS) is 15.6. The summed E-state index contributed by atoms with van der Waals surface area (Å²) in [6, 6.07) is 5.82. The van der Waals surface area contributed by atoms with Gasteiger partial charge < -0.3 is 15.2 Å². The summed E-state index contributed by atoms with van der Waals surface area (Å²) in [6.07, 6.45) is 2.30. The molecule has 0 spiro atoms. The maximum Gasteiger partial charge on any atom is 0.338 e. The Morgan fingerprint density at radius 2 is 2.00 bits per heavy atom. The van der Waals surface area contributed by atoms with Crippen LogP contribution in [0, 0.1) is 5.92 Å². The molecule has 5 nitrogen and oxygen atoms in total. The third kappa shape index (κ3) is 3.98. The van der Waals surface area contributed by atoms with Crippen molar-refractivity contribution in [2.24, 2.45) is 5.92 Å². The standard InChI is InChI=1S/C14H17NO4/c1-9(10-2-3-10)15-13(17)8-19-14(18)11-4-6-12(16)7-5-11/h4-7,9-10,16H,2-3,8H2,1H3,(H,15,17)/t9-/m1/s1. The van der Waals surface area contributed by atoms with E-state index in [2.05, 4.69) is 5.32 Å². The minimum absolute atomic E-state index is 0.0764. The number of nitrogens with one attached hydrogen (secondary N) is 1. The van der Waals surface area contributed by atoms with Gasteiger partial charge >= 0.3 is 5.97 Å². The minimum atomic E-state index is -0.575. The molecule has 2 rings (SSSR count). The number of carbonyl (C=O) groups excluding carboxylic acids is 2. The van der Waals surface area contributed by atoms with Gasteiger partial charge in [-0.1, -0.05) is 0 Å². The van der Waals surface area contributed by atoms with Crippen LogP contribution in [0.2, 0.25) is 0 Å². The number of carbonyl (C=O) groups is 2. The zero-order chi connectivity index (χ0) is 13.8. The lowest BCUT2D eigenvalue weighted by Gasteiger charge is -2.12. The van der Waals surface area contributed by atoms with Gasteiger partial charge in [0.25, 0.3) is 5.91 Å². The maximum atomic E-state index is 11.6. The van der Waals surface area contributed by atoms with Crippen LogP contribution in [0.3, 0.4) is 0 Å². The van der Waals surface area contributed by atoms with Gasteiger partial charge in [-0.05, 0) is 49.9 Å². The second-order valence-corrected chi connectivity index (χ2v) is 4.82. The minimum Gasteiger partial charge on any atom is -0.508 e. The number of hydrogen-bond donors (Lipinski definition) is 2. The fourth-order valence-corrected chi connectivity index (χ4v) is 1.82. The fourth-order valence-electron chi connectivity index (χ4n) is 1.82.